The Morgan fingerprint density at radius 3 is 2.59 bits per heavy atom. The zero-order valence-electron chi connectivity index (χ0n) is 15.4. The van der Waals surface area contributed by atoms with Crippen LogP contribution in [0, 0.1) is 10.1 Å². The van der Waals surface area contributed by atoms with Crippen LogP contribution < -0.4 is 21.3 Å². The van der Waals surface area contributed by atoms with E-state index in [1.54, 1.807) is 24.3 Å². The number of nitrogens with zero attached hydrogens (tertiary/aromatic N) is 3. The Hall–Kier alpha value is -3.59. The maximum atomic E-state index is 13.1. The molecule has 1 aromatic heterocycles. The Bertz CT molecular complexity index is 1280. The van der Waals surface area contributed by atoms with E-state index in [9.17, 15) is 19.7 Å². The van der Waals surface area contributed by atoms with Gasteiger partial charge >= 0.3 is 5.69 Å². The van der Waals surface area contributed by atoms with Crippen molar-refractivity contribution in [3.8, 4) is 11.6 Å². The van der Waals surface area contributed by atoms with E-state index in [0.29, 0.717) is 17.0 Å². The first-order chi connectivity index (χ1) is 13.8. The molecule has 0 fully saturated rings. The highest BCUT2D eigenvalue weighted by Crippen LogP contribution is 2.42. The van der Waals surface area contributed by atoms with Gasteiger partial charge in [0.2, 0.25) is 5.88 Å². The molecule has 1 atom stereocenters. The highest BCUT2D eigenvalue weighted by molar-refractivity contribution is 6.31. The number of non-ortho nitro benzene ring substituents is 1. The fraction of sp³-hybridized carbons (Fsp3) is 0.158. The van der Waals surface area contributed by atoms with E-state index in [-0.39, 0.29) is 22.2 Å². The summed E-state index contributed by atoms with van der Waals surface area (Å²) in [5.74, 6) is 0.448. The van der Waals surface area contributed by atoms with Crippen LogP contribution >= 0.6 is 11.6 Å². The minimum Gasteiger partial charge on any atom is -0.438 e. The van der Waals surface area contributed by atoms with Gasteiger partial charge in [-0.2, -0.15) is 0 Å². The molecule has 0 radical (unpaired) electrons. The lowest BCUT2D eigenvalue weighted by Gasteiger charge is -2.21. The number of rotatable bonds is 2. The predicted molar refractivity (Wildman–Crippen MR) is 107 cm³/mol. The number of nitro benzene ring substituents is 1. The number of aromatic nitrogens is 2. The van der Waals surface area contributed by atoms with E-state index in [1.165, 1.54) is 36.9 Å². The molecule has 29 heavy (non-hydrogen) atoms. The number of nitrogens with one attached hydrogen (secondary N) is 1. The van der Waals surface area contributed by atoms with Gasteiger partial charge in [0.1, 0.15) is 5.56 Å². The van der Waals surface area contributed by atoms with Gasteiger partial charge in [0.25, 0.3) is 11.2 Å². The van der Waals surface area contributed by atoms with Crippen LogP contribution in [0.25, 0.3) is 0 Å². The first-order valence-corrected chi connectivity index (χ1v) is 8.94. The van der Waals surface area contributed by atoms with Crippen molar-refractivity contribution in [1.82, 2.24) is 9.13 Å². The smallest absolute Gasteiger partial charge is 0.333 e. The van der Waals surface area contributed by atoms with Gasteiger partial charge in [-0.25, -0.2) is 4.79 Å². The van der Waals surface area contributed by atoms with Gasteiger partial charge in [-0.05, 0) is 18.2 Å². The quantitative estimate of drug-likeness (QED) is 0.510. The molecule has 3 aromatic rings. The minimum absolute atomic E-state index is 0.0446. The summed E-state index contributed by atoms with van der Waals surface area (Å²) in [5.41, 5.74) is -0.335. The summed E-state index contributed by atoms with van der Waals surface area (Å²) in [5, 5.41) is 14.7. The SMILES string of the molecule is Cn1c2c(c(=O)n(C)c1=O)[C@@H](c1cc([N+](=O)[O-])ccc1Cl)Nc1ccccc1O2. The zero-order valence-corrected chi connectivity index (χ0v) is 16.1. The first-order valence-electron chi connectivity index (χ1n) is 8.56. The van der Waals surface area contributed by atoms with Crippen molar-refractivity contribution in [2.24, 2.45) is 14.1 Å². The summed E-state index contributed by atoms with van der Waals surface area (Å²) in [4.78, 5) is 36.3. The molecule has 2 aromatic carbocycles. The number of para-hydroxylation sites is 2. The van der Waals surface area contributed by atoms with Crippen molar-refractivity contribution in [3.63, 3.8) is 0 Å². The van der Waals surface area contributed by atoms with E-state index in [0.717, 1.165) is 4.57 Å². The molecule has 9 nitrogen and oxygen atoms in total. The number of hydrogen-bond donors (Lipinski definition) is 1. The fourth-order valence-electron chi connectivity index (χ4n) is 3.33. The van der Waals surface area contributed by atoms with Crippen LogP contribution in [0.5, 0.6) is 11.6 Å². The maximum Gasteiger partial charge on any atom is 0.333 e. The lowest BCUT2D eigenvalue weighted by molar-refractivity contribution is -0.384. The lowest BCUT2D eigenvalue weighted by atomic mass is 9.99. The molecule has 0 bridgehead atoms. The number of fused-ring (bicyclic) bond motifs is 2. The van der Waals surface area contributed by atoms with Gasteiger partial charge in [-0.1, -0.05) is 23.7 Å². The van der Waals surface area contributed by atoms with E-state index < -0.39 is 22.2 Å². The first kappa shape index (κ1) is 18.8. The Labute approximate surface area is 168 Å². The van der Waals surface area contributed by atoms with Crippen molar-refractivity contribution >= 4 is 23.0 Å². The third-order valence-electron chi connectivity index (χ3n) is 4.83. The topological polar surface area (TPSA) is 108 Å². The molecule has 1 aliphatic rings. The van der Waals surface area contributed by atoms with Crippen LogP contribution in [0.15, 0.2) is 52.1 Å². The van der Waals surface area contributed by atoms with Crippen LogP contribution in [0.2, 0.25) is 5.02 Å². The summed E-state index contributed by atoms with van der Waals surface area (Å²) >= 11 is 6.36. The van der Waals surface area contributed by atoms with Crippen molar-refractivity contribution in [2.45, 2.75) is 6.04 Å². The summed E-state index contributed by atoms with van der Waals surface area (Å²) in [6, 6.07) is 10.1. The number of benzene rings is 2. The molecule has 1 N–H and O–H groups in total. The Balaban J connectivity index is 2.08. The van der Waals surface area contributed by atoms with E-state index in [1.807, 2.05) is 0 Å². The van der Waals surface area contributed by atoms with Gasteiger partial charge in [-0.3, -0.25) is 24.0 Å². The molecule has 148 valence electrons. The number of anilines is 1. The van der Waals surface area contributed by atoms with Crippen molar-refractivity contribution in [3.05, 3.63) is 89.6 Å². The van der Waals surface area contributed by atoms with Gasteiger partial charge < -0.3 is 10.1 Å². The number of halogens is 1. The summed E-state index contributed by atoms with van der Waals surface area (Å²) < 4.78 is 8.11. The van der Waals surface area contributed by atoms with Gasteiger partial charge in [-0.15, -0.1) is 0 Å². The molecule has 1 aliphatic heterocycles. The summed E-state index contributed by atoms with van der Waals surface area (Å²) in [6.07, 6.45) is 0. The van der Waals surface area contributed by atoms with E-state index in [4.69, 9.17) is 16.3 Å². The summed E-state index contributed by atoms with van der Waals surface area (Å²) in [7, 11) is 2.84. The Morgan fingerprint density at radius 1 is 1.14 bits per heavy atom. The Kier molecular flexibility index (Phi) is 4.39. The second-order valence-corrected chi connectivity index (χ2v) is 6.97. The molecule has 0 amide bonds. The van der Waals surface area contributed by atoms with Crippen LogP contribution in [0.3, 0.4) is 0 Å². The lowest BCUT2D eigenvalue weighted by Crippen LogP contribution is -2.40. The molecule has 0 spiro atoms. The van der Waals surface area contributed by atoms with Crippen LogP contribution in [0.1, 0.15) is 17.2 Å². The fourth-order valence-corrected chi connectivity index (χ4v) is 3.55. The maximum absolute atomic E-state index is 13.1. The Morgan fingerprint density at radius 2 is 1.86 bits per heavy atom. The number of hydrogen-bond acceptors (Lipinski definition) is 6. The molecule has 2 heterocycles. The zero-order chi connectivity index (χ0) is 20.9. The third kappa shape index (κ3) is 2.95. The summed E-state index contributed by atoms with van der Waals surface area (Å²) in [6.45, 7) is 0. The average Bonchev–Trinajstić information content (AvgIpc) is 2.88. The van der Waals surface area contributed by atoms with Crippen LogP contribution in [0.4, 0.5) is 11.4 Å². The molecule has 10 heteroatoms. The van der Waals surface area contributed by atoms with Crippen molar-refractivity contribution < 1.29 is 9.66 Å². The minimum atomic E-state index is -0.883. The third-order valence-corrected chi connectivity index (χ3v) is 5.17. The highest BCUT2D eigenvalue weighted by atomic mass is 35.5. The second kappa shape index (κ2) is 6.78. The molecular formula is C19H15ClN4O5. The normalized spacial score (nSPS) is 14.8. The molecule has 4 rings (SSSR count). The molecule has 0 unspecified atom stereocenters. The van der Waals surface area contributed by atoms with Crippen molar-refractivity contribution in [1.29, 1.82) is 0 Å². The van der Waals surface area contributed by atoms with E-state index in [2.05, 4.69) is 5.32 Å². The van der Waals surface area contributed by atoms with Gasteiger partial charge in [0, 0.05) is 36.8 Å². The van der Waals surface area contributed by atoms with E-state index >= 15 is 0 Å². The van der Waals surface area contributed by atoms with Gasteiger partial charge in [0.05, 0.1) is 16.7 Å². The van der Waals surface area contributed by atoms with Crippen LogP contribution in [-0.2, 0) is 14.1 Å². The second-order valence-electron chi connectivity index (χ2n) is 6.56. The molecular weight excluding hydrogens is 400 g/mol. The molecule has 0 aliphatic carbocycles. The molecule has 0 saturated heterocycles. The van der Waals surface area contributed by atoms with Crippen LogP contribution in [-0.4, -0.2) is 14.1 Å². The number of ether oxygens (including phenoxy) is 1. The highest BCUT2D eigenvalue weighted by Gasteiger charge is 2.32. The predicted octanol–water partition coefficient (Wildman–Crippen LogP) is 2.95. The number of nitro groups is 1. The monoisotopic (exact) mass is 414 g/mol. The largest absolute Gasteiger partial charge is 0.438 e. The van der Waals surface area contributed by atoms with Gasteiger partial charge in [0.15, 0.2) is 5.75 Å². The average molecular weight is 415 g/mol. The molecule has 0 saturated carbocycles. The standard InChI is InChI=1S/C19H15ClN4O5/c1-22-17(25)15-16(11-9-10(24(27)28)7-8-12(11)20)21-13-5-3-4-6-14(13)29-18(15)23(2)19(22)26/h3-9,16,21H,1-2H3/t16-/m1/s1. The van der Waals surface area contributed by atoms with Crippen molar-refractivity contribution in [2.75, 3.05) is 5.32 Å².